The minimum absolute atomic E-state index is 0.0619. The number of aryl methyl sites for hydroxylation is 2. The van der Waals surface area contributed by atoms with Gasteiger partial charge in [0.1, 0.15) is 0 Å². The van der Waals surface area contributed by atoms with Gasteiger partial charge in [0.05, 0.1) is 18.2 Å². The van der Waals surface area contributed by atoms with E-state index in [1.165, 1.54) is 0 Å². The second-order valence-corrected chi connectivity index (χ2v) is 4.47. The molecule has 0 atom stereocenters. The first kappa shape index (κ1) is 13.3. The van der Waals surface area contributed by atoms with E-state index in [1.54, 1.807) is 10.9 Å². The summed E-state index contributed by atoms with van der Waals surface area (Å²) < 4.78 is 3.53. The standard InChI is InChI=1S/C12H18N6O/c1-3-4-5-18-12(9-7-14-17(2)8-9)15-11(16-18)6-10(13)19/h7-8H,3-6H2,1-2H3,(H2,13,19). The molecular formula is C12H18N6O. The van der Waals surface area contributed by atoms with Gasteiger partial charge >= 0.3 is 0 Å². The van der Waals surface area contributed by atoms with Crippen LogP contribution in [0.4, 0.5) is 0 Å². The van der Waals surface area contributed by atoms with Crippen LogP contribution in [-0.4, -0.2) is 30.5 Å². The lowest BCUT2D eigenvalue weighted by Gasteiger charge is -2.02. The molecule has 0 aliphatic heterocycles. The maximum atomic E-state index is 11.0. The summed E-state index contributed by atoms with van der Waals surface area (Å²) in [7, 11) is 1.85. The molecule has 2 aromatic rings. The fourth-order valence-electron chi connectivity index (χ4n) is 1.83. The minimum Gasteiger partial charge on any atom is -0.369 e. The van der Waals surface area contributed by atoms with Gasteiger partial charge in [-0.25, -0.2) is 9.67 Å². The Bertz CT molecular complexity index is 571. The highest BCUT2D eigenvalue weighted by atomic mass is 16.1. The van der Waals surface area contributed by atoms with E-state index >= 15 is 0 Å². The van der Waals surface area contributed by atoms with E-state index in [0.717, 1.165) is 30.8 Å². The highest BCUT2D eigenvalue weighted by Crippen LogP contribution is 2.17. The normalized spacial score (nSPS) is 10.8. The van der Waals surface area contributed by atoms with Crippen LogP contribution in [0.15, 0.2) is 12.4 Å². The molecule has 2 rings (SSSR count). The predicted octanol–water partition coefficient (Wildman–Crippen LogP) is 0.506. The van der Waals surface area contributed by atoms with Crippen LogP contribution in [0.1, 0.15) is 25.6 Å². The van der Waals surface area contributed by atoms with Gasteiger partial charge in [-0.15, -0.1) is 0 Å². The number of unbranched alkanes of at least 4 members (excludes halogenated alkanes) is 1. The number of nitrogens with zero attached hydrogens (tertiary/aromatic N) is 5. The summed E-state index contributed by atoms with van der Waals surface area (Å²) in [4.78, 5) is 15.3. The third-order valence-corrected chi connectivity index (χ3v) is 2.73. The number of carbonyl (C=O) groups is 1. The first-order chi connectivity index (χ1) is 9.10. The van der Waals surface area contributed by atoms with Crippen molar-refractivity contribution in [1.29, 1.82) is 0 Å². The smallest absolute Gasteiger partial charge is 0.225 e. The van der Waals surface area contributed by atoms with Crippen LogP contribution in [0.5, 0.6) is 0 Å². The van der Waals surface area contributed by atoms with Gasteiger partial charge in [-0.05, 0) is 6.42 Å². The Labute approximate surface area is 111 Å². The Balaban J connectivity index is 2.33. The van der Waals surface area contributed by atoms with Gasteiger partial charge in [0.15, 0.2) is 11.6 Å². The molecule has 0 saturated carbocycles. The van der Waals surface area contributed by atoms with Crippen molar-refractivity contribution in [2.45, 2.75) is 32.7 Å². The van der Waals surface area contributed by atoms with E-state index in [2.05, 4.69) is 22.1 Å². The van der Waals surface area contributed by atoms with Crippen LogP contribution in [-0.2, 0) is 24.8 Å². The van der Waals surface area contributed by atoms with E-state index < -0.39 is 5.91 Å². The Morgan fingerprint density at radius 2 is 2.26 bits per heavy atom. The first-order valence-electron chi connectivity index (χ1n) is 6.31. The van der Waals surface area contributed by atoms with Crippen LogP contribution in [0.2, 0.25) is 0 Å². The largest absolute Gasteiger partial charge is 0.369 e. The van der Waals surface area contributed by atoms with E-state index in [0.29, 0.717) is 5.82 Å². The SMILES string of the molecule is CCCCn1nc(CC(N)=O)nc1-c1cnn(C)c1. The van der Waals surface area contributed by atoms with Gasteiger partial charge in [-0.3, -0.25) is 9.48 Å². The van der Waals surface area contributed by atoms with Crippen molar-refractivity contribution in [3.05, 3.63) is 18.2 Å². The topological polar surface area (TPSA) is 91.6 Å². The molecule has 0 bridgehead atoms. The molecule has 7 nitrogen and oxygen atoms in total. The van der Waals surface area contributed by atoms with Crippen LogP contribution >= 0.6 is 0 Å². The molecule has 0 fully saturated rings. The Morgan fingerprint density at radius 1 is 1.47 bits per heavy atom. The molecule has 1 amide bonds. The molecule has 0 saturated heterocycles. The average Bonchev–Trinajstić information content (AvgIpc) is 2.92. The van der Waals surface area contributed by atoms with Gasteiger partial charge in [-0.1, -0.05) is 13.3 Å². The van der Waals surface area contributed by atoms with Crippen molar-refractivity contribution in [1.82, 2.24) is 24.5 Å². The minimum atomic E-state index is -0.426. The second-order valence-electron chi connectivity index (χ2n) is 4.47. The van der Waals surface area contributed by atoms with E-state index in [1.807, 2.05) is 17.9 Å². The van der Waals surface area contributed by atoms with Gasteiger partial charge in [0, 0.05) is 19.8 Å². The molecule has 0 aliphatic carbocycles. The summed E-state index contributed by atoms with van der Waals surface area (Å²) in [5, 5.41) is 8.47. The summed E-state index contributed by atoms with van der Waals surface area (Å²) in [6.07, 6.45) is 5.75. The molecule has 0 spiro atoms. The van der Waals surface area contributed by atoms with Crippen molar-refractivity contribution in [3.8, 4) is 11.4 Å². The number of amides is 1. The van der Waals surface area contributed by atoms with Crippen LogP contribution < -0.4 is 5.73 Å². The fraction of sp³-hybridized carbons (Fsp3) is 0.500. The number of carbonyl (C=O) groups excluding carboxylic acids is 1. The predicted molar refractivity (Wildman–Crippen MR) is 70.0 cm³/mol. The molecule has 102 valence electrons. The Hall–Kier alpha value is -2.18. The monoisotopic (exact) mass is 262 g/mol. The summed E-state index contributed by atoms with van der Waals surface area (Å²) in [5.74, 6) is 0.769. The van der Waals surface area contributed by atoms with Crippen molar-refractivity contribution in [2.75, 3.05) is 0 Å². The number of nitrogens with two attached hydrogens (primary N) is 1. The van der Waals surface area contributed by atoms with E-state index in [9.17, 15) is 4.79 Å². The van der Waals surface area contributed by atoms with Crippen molar-refractivity contribution in [3.63, 3.8) is 0 Å². The highest BCUT2D eigenvalue weighted by Gasteiger charge is 2.14. The maximum absolute atomic E-state index is 11.0. The molecule has 2 heterocycles. The molecule has 0 unspecified atom stereocenters. The van der Waals surface area contributed by atoms with Crippen LogP contribution in [0.25, 0.3) is 11.4 Å². The van der Waals surface area contributed by atoms with Crippen molar-refractivity contribution < 1.29 is 4.79 Å². The van der Waals surface area contributed by atoms with Gasteiger partial charge in [0.2, 0.25) is 5.91 Å². The third-order valence-electron chi connectivity index (χ3n) is 2.73. The summed E-state index contributed by atoms with van der Waals surface area (Å²) in [6, 6.07) is 0. The van der Waals surface area contributed by atoms with Crippen LogP contribution in [0.3, 0.4) is 0 Å². The van der Waals surface area contributed by atoms with Crippen molar-refractivity contribution in [2.24, 2.45) is 12.8 Å². The van der Waals surface area contributed by atoms with Gasteiger partial charge in [-0.2, -0.15) is 10.2 Å². The third kappa shape index (κ3) is 3.18. The molecule has 2 N–H and O–H groups in total. The number of aromatic nitrogens is 5. The van der Waals surface area contributed by atoms with Crippen molar-refractivity contribution >= 4 is 5.91 Å². The molecule has 0 aliphatic rings. The molecular weight excluding hydrogens is 244 g/mol. The first-order valence-corrected chi connectivity index (χ1v) is 6.31. The van der Waals surface area contributed by atoms with Gasteiger partial charge in [0.25, 0.3) is 0 Å². The molecule has 0 aromatic carbocycles. The number of hydrogen-bond donors (Lipinski definition) is 1. The number of rotatable bonds is 6. The van der Waals surface area contributed by atoms with E-state index in [-0.39, 0.29) is 6.42 Å². The zero-order chi connectivity index (χ0) is 13.8. The Kier molecular flexibility index (Phi) is 3.94. The van der Waals surface area contributed by atoms with Gasteiger partial charge < -0.3 is 5.73 Å². The Morgan fingerprint density at radius 3 is 2.84 bits per heavy atom. The molecule has 0 radical (unpaired) electrons. The highest BCUT2D eigenvalue weighted by molar-refractivity contribution is 5.75. The zero-order valence-electron chi connectivity index (χ0n) is 11.2. The number of primary amides is 1. The fourth-order valence-corrected chi connectivity index (χ4v) is 1.83. The summed E-state index contributed by atoms with van der Waals surface area (Å²) in [6.45, 7) is 2.89. The zero-order valence-corrected chi connectivity index (χ0v) is 11.2. The summed E-state index contributed by atoms with van der Waals surface area (Å²) >= 11 is 0. The lowest BCUT2D eigenvalue weighted by atomic mass is 10.3. The molecule has 19 heavy (non-hydrogen) atoms. The second kappa shape index (κ2) is 5.64. The molecule has 7 heteroatoms. The van der Waals surface area contributed by atoms with E-state index in [4.69, 9.17) is 5.73 Å². The summed E-state index contributed by atoms with van der Waals surface area (Å²) in [5.41, 5.74) is 6.07. The number of hydrogen-bond acceptors (Lipinski definition) is 4. The lowest BCUT2D eigenvalue weighted by Crippen LogP contribution is -2.14. The average molecular weight is 262 g/mol. The lowest BCUT2D eigenvalue weighted by molar-refractivity contribution is -0.117. The maximum Gasteiger partial charge on any atom is 0.225 e. The van der Waals surface area contributed by atoms with Crippen LogP contribution in [0, 0.1) is 0 Å². The quantitative estimate of drug-likeness (QED) is 0.820. The molecule has 2 aromatic heterocycles.